The lowest BCUT2D eigenvalue weighted by molar-refractivity contribution is 0.0874. The third kappa shape index (κ3) is 3.32. The molecule has 2 aromatic rings. The molecular weight excluding hydrogens is 326 g/mol. The molecule has 1 aliphatic heterocycles. The van der Waals surface area contributed by atoms with Crippen molar-refractivity contribution in [2.24, 2.45) is 13.0 Å². The Balaban J connectivity index is 1.86. The van der Waals surface area contributed by atoms with Gasteiger partial charge in [-0.25, -0.2) is 13.4 Å². The number of para-hydroxylation sites is 1. The van der Waals surface area contributed by atoms with Gasteiger partial charge >= 0.3 is 0 Å². The second-order valence-corrected chi connectivity index (χ2v) is 8.41. The number of rotatable bonds is 4. The Hall–Kier alpha value is -1.86. The molecule has 0 bridgehead atoms. The molecule has 2 heterocycles. The van der Waals surface area contributed by atoms with E-state index in [0.717, 1.165) is 25.1 Å². The molecule has 1 aromatic heterocycles. The maximum atomic E-state index is 12.1. The van der Waals surface area contributed by atoms with Gasteiger partial charge in [0.1, 0.15) is 11.9 Å². The van der Waals surface area contributed by atoms with Crippen molar-refractivity contribution in [3.8, 4) is 0 Å². The number of benzene rings is 1. The second kappa shape index (κ2) is 6.57. The van der Waals surface area contributed by atoms with Crippen molar-refractivity contribution < 1.29 is 13.5 Å². The SMILES string of the molecule is Cn1ccnc1C(O)C1CCCN(c2ccccc2S(C)(=O)=O)C1. The van der Waals surface area contributed by atoms with Crippen LogP contribution in [-0.4, -0.2) is 42.4 Å². The lowest BCUT2D eigenvalue weighted by Crippen LogP contribution is -2.39. The van der Waals surface area contributed by atoms with E-state index in [2.05, 4.69) is 9.88 Å². The zero-order valence-corrected chi connectivity index (χ0v) is 14.8. The summed E-state index contributed by atoms with van der Waals surface area (Å²) < 4.78 is 25.9. The normalized spacial score (nSPS) is 20.1. The van der Waals surface area contributed by atoms with Gasteiger partial charge < -0.3 is 14.6 Å². The van der Waals surface area contributed by atoms with Crippen molar-refractivity contribution >= 4 is 15.5 Å². The summed E-state index contributed by atoms with van der Waals surface area (Å²) in [5.74, 6) is 0.672. The molecule has 0 aliphatic carbocycles. The number of aliphatic hydroxyl groups is 1. The van der Waals surface area contributed by atoms with Crippen LogP contribution in [0, 0.1) is 5.92 Å². The van der Waals surface area contributed by atoms with Crippen LogP contribution in [0.25, 0.3) is 0 Å². The van der Waals surface area contributed by atoms with Gasteiger partial charge in [0.15, 0.2) is 9.84 Å². The molecule has 1 N–H and O–H groups in total. The van der Waals surface area contributed by atoms with E-state index in [-0.39, 0.29) is 5.92 Å². The van der Waals surface area contributed by atoms with Gasteiger partial charge in [0.25, 0.3) is 0 Å². The molecule has 130 valence electrons. The van der Waals surface area contributed by atoms with Crippen LogP contribution in [-0.2, 0) is 16.9 Å². The lowest BCUT2D eigenvalue weighted by atomic mass is 9.91. The smallest absolute Gasteiger partial charge is 0.177 e. The fraction of sp³-hybridized carbons (Fsp3) is 0.471. The predicted octanol–water partition coefficient (Wildman–Crippen LogP) is 1.77. The van der Waals surface area contributed by atoms with Crippen molar-refractivity contribution in [2.75, 3.05) is 24.2 Å². The summed E-state index contributed by atoms with van der Waals surface area (Å²) in [5, 5.41) is 10.7. The Labute approximate surface area is 142 Å². The highest BCUT2D eigenvalue weighted by Crippen LogP contribution is 2.33. The van der Waals surface area contributed by atoms with Crippen molar-refractivity contribution in [2.45, 2.75) is 23.8 Å². The molecule has 0 amide bonds. The van der Waals surface area contributed by atoms with E-state index in [0.29, 0.717) is 17.3 Å². The summed E-state index contributed by atoms with van der Waals surface area (Å²) in [4.78, 5) is 6.65. The molecule has 1 aromatic carbocycles. The van der Waals surface area contributed by atoms with E-state index in [4.69, 9.17) is 0 Å². The quantitative estimate of drug-likeness (QED) is 0.910. The van der Waals surface area contributed by atoms with E-state index >= 15 is 0 Å². The van der Waals surface area contributed by atoms with E-state index in [1.165, 1.54) is 6.26 Å². The number of nitrogens with zero attached hydrogens (tertiary/aromatic N) is 3. The molecular formula is C17H23N3O3S. The van der Waals surface area contributed by atoms with Crippen LogP contribution in [0.3, 0.4) is 0 Å². The lowest BCUT2D eigenvalue weighted by Gasteiger charge is -2.37. The van der Waals surface area contributed by atoms with Crippen molar-refractivity contribution in [3.63, 3.8) is 0 Å². The van der Waals surface area contributed by atoms with Crippen LogP contribution in [0.1, 0.15) is 24.8 Å². The van der Waals surface area contributed by atoms with E-state index in [1.54, 1.807) is 18.3 Å². The first-order valence-corrected chi connectivity index (χ1v) is 9.96. The Morgan fingerprint density at radius 2 is 2.08 bits per heavy atom. The second-order valence-electron chi connectivity index (χ2n) is 6.43. The van der Waals surface area contributed by atoms with Gasteiger partial charge in [0, 0.05) is 44.7 Å². The minimum atomic E-state index is -3.29. The minimum absolute atomic E-state index is 0.0208. The molecule has 1 aliphatic rings. The van der Waals surface area contributed by atoms with E-state index in [9.17, 15) is 13.5 Å². The zero-order valence-electron chi connectivity index (χ0n) is 14.0. The predicted molar refractivity (Wildman–Crippen MR) is 92.7 cm³/mol. The third-order valence-corrected chi connectivity index (χ3v) is 5.78. The van der Waals surface area contributed by atoms with E-state index < -0.39 is 15.9 Å². The van der Waals surface area contributed by atoms with Crippen LogP contribution < -0.4 is 4.90 Å². The number of sulfone groups is 1. The Bertz CT molecular complexity index is 816. The minimum Gasteiger partial charge on any atom is -0.385 e. The molecule has 0 spiro atoms. The first kappa shape index (κ1) is 17.0. The summed E-state index contributed by atoms with van der Waals surface area (Å²) >= 11 is 0. The number of aryl methyl sites for hydroxylation is 1. The molecule has 0 saturated carbocycles. The van der Waals surface area contributed by atoms with Crippen LogP contribution in [0.15, 0.2) is 41.6 Å². The summed E-state index contributed by atoms with van der Waals surface area (Å²) in [6.45, 7) is 1.40. The number of imidazole rings is 1. The van der Waals surface area contributed by atoms with Gasteiger partial charge in [-0.15, -0.1) is 0 Å². The van der Waals surface area contributed by atoms with Gasteiger partial charge in [0.05, 0.1) is 10.6 Å². The highest BCUT2D eigenvalue weighted by molar-refractivity contribution is 7.90. The van der Waals surface area contributed by atoms with Crippen molar-refractivity contribution in [1.82, 2.24) is 9.55 Å². The molecule has 7 heteroatoms. The first-order chi connectivity index (χ1) is 11.4. The number of hydrogen-bond donors (Lipinski definition) is 1. The molecule has 0 radical (unpaired) electrons. The number of hydrogen-bond acceptors (Lipinski definition) is 5. The van der Waals surface area contributed by atoms with Gasteiger partial charge in [-0.2, -0.15) is 0 Å². The van der Waals surface area contributed by atoms with Crippen molar-refractivity contribution in [3.05, 3.63) is 42.5 Å². The Kier molecular flexibility index (Phi) is 4.64. The monoisotopic (exact) mass is 349 g/mol. The van der Waals surface area contributed by atoms with Crippen LogP contribution in [0.2, 0.25) is 0 Å². The average molecular weight is 349 g/mol. The summed E-state index contributed by atoms with van der Waals surface area (Å²) in [6.07, 6.45) is 5.88. The highest BCUT2D eigenvalue weighted by atomic mass is 32.2. The van der Waals surface area contributed by atoms with Gasteiger partial charge in [-0.1, -0.05) is 12.1 Å². The summed E-state index contributed by atoms with van der Waals surface area (Å²) in [5.41, 5.74) is 0.719. The fourth-order valence-corrected chi connectivity index (χ4v) is 4.29. The van der Waals surface area contributed by atoms with Crippen LogP contribution in [0.5, 0.6) is 0 Å². The van der Waals surface area contributed by atoms with E-state index in [1.807, 2.05) is 29.9 Å². The number of anilines is 1. The standard InChI is InChI=1S/C17H23N3O3S/c1-19-11-9-18-17(19)16(21)13-6-5-10-20(12-13)14-7-3-4-8-15(14)24(2,22)23/h3-4,7-9,11,13,16,21H,5-6,10,12H2,1-2H3. The molecule has 24 heavy (non-hydrogen) atoms. The number of piperidine rings is 1. The summed E-state index contributed by atoms with van der Waals surface area (Å²) in [6, 6.07) is 7.07. The Morgan fingerprint density at radius 1 is 1.33 bits per heavy atom. The van der Waals surface area contributed by atoms with Crippen LogP contribution in [0.4, 0.5) is 5.69 Å². The largest absolute Gasteiger partial charge is 0.385 e. The average Bonchev–Trinajstić information content (AvgIpc) is 2.99. The maximum absolute atomic E-state index is 12.1. The molecule has 6 nitrogen and oxygen atoms in total. The summed E-state index contributed by atoms with van der Waals surface area (Å²) in [7, 11) is -1.42. The third-order valence-electron chi connectivity index (χ3n) is 4.63. The Morgan fingerprint density at radius 3 is 2.75 bits per heavy atom. The molecule has 1 saturated heterocycles. The molecule has 1 fully saturated rings. The van der Waals surface area contributed by atoms with Gasteiger partial charge in [-0.05, 0) is 25.0 Å². The van der Waals surface area contributed by atoms with Gasteiger partial charge in [0.2, 0.25) is 0 Å². The van der Waals surface area contributed by atoms with Gasteiger partial charge in [-0.3, -0.25) is 0 Å². The van der Waals surface area contributed by atoms with Crippen LogP contribution >= 0.6 is 0 Å². The maximum Gasteiger partial charge on any atom is 0.177 e. The molecule has 2 unspecified atom stereocenters. The molecule has 2 atom stereocenters. The fourth-order valence-electron chi connectivity index (χ4n) is 3.39. The highest BCUT2D eigenvalue weighted by Gasteiger charge is 2.30. The molecule has 3 rings (SSSR count). The topological polar surface area (TPSA) is 75.4 Å². The number of aromatic nitrogens is 2. The zero-order chi connectivity index (χ0) is 17.3. The first-order valence-electron chi connectivity index (χ1n) is 8.07. The van der Waals surface area contributed by atoms with Crippen molar-refractivity contribution in [1.29, 1.82) is 0 Å². The number of aliphatic hydroxyl groups excluding tert-OH is 1.